The van der Waals surface area contributed by atoms with Crippen LogP contribution in [0.15, 0.2) is 36.4 Å². The smallest absolute Gasteiger partial charge is 0.308 e. The van der Waals surface area contributed by atoms with Gasteiger partial charge in [0.25, 0.3) is 11.8 Å². The largest absolute Gasteiger partial charge is 0.423 e. The molecule has 2 N–H and O–H groups in total. The van der Waals surface area contributed by atoms with Crippen LogP contribution in [0.4, 0.5) is 0 Å². The topological polar surface area (TPSA) is 163 Å². The predicted molar refractivity (Wildman–Crippen MR) is 148 cm³/mol. The van der Waals surface area contributed by atoms with Crippen LogP contribution in [0.3, 0.4) is 0 Å². The second kappa shape index (κ2) is 14.8. The molecule has 1 saturated carbocycles. The van der Waals surface area contributed by atoms with Crippen molar-refractivity contribution in [2.24, 2.45) is 11.8 Å². The van der Waals surface area contributed by atoms with E-state index in [0.717, 1.165) is 25.7 Å². The first-order valence-corrected chi connectivity index (χ1v) is 13.5. The Morgan fingerprint density at radius 3 is 1.31 bits per heavy atom. The Morgan fingerprint density at radius 1 is 0.595 bits per heavy atom. The van der Waals surface area contributed by atoms with Gasteiger partial charge in [-0.05, 0) is 67.5 Å². The summed E-state index contributed by atoms with van der Waals surface area (Å²) in [6.45, 7) is 5.67. The van der Waals surface area contributed by atoms with E-state index in [4.69, 9.17) is 18.9 Å². The molecule has 1 aliphatic rings. The number of esters is 4. The van der Waals surface area contributed by atoms with Crippen LogP contribution < -0.4 is 29.6 Å². The Hall–Kier alpha value is -4.74. The highest BCUT2D eigenvalue weighted by molar-refractivity contribution is 5.96. The summed E-state index contributed by atoms with van der Waals surface area (Å²) in [6, 6.07) is 8.44. The highest BCUT2D eigenvalue weighted by atomic mass is 16.6. The van der Waals surface area contributed by atoms with Crippen LogP contribution in [0.25, 0.3) is 0 Å². The zero-order chi connectivity index (χ0) is 30.8. The van der Waals surface area contributed by atoms with Gasteiger partial charge in [-0.3, -0.25) is 28.8 Å². The highest BCUT2D eigenvalue weighted by Gasteiger charge is 2.24. The molecule has 2 aromatic carbocycles. The van der Waals surface area contributed by atoms with E-state index in [1.165, 1.54) is 64.1 Å². The Balaban J connectivity index is 1.55. The number of amides is 2. The highest BCUT2D eigenvalue weighted by Crippen LogP contribution is 2.31. The molecule has 0 aliphatic heterocycles. The summed E-state index contributed by atoms with van der Waals surface area (Å²) >= 11 is 0. The molecule has 3 rings (SSSR count). The van der Waals surface area contributed by atoms with E-state index in [1.807, 2.05) is 0 Å². The van der Waals surface area contributed by atoms with Crippen LogP contribution in [-0.2, 0) is 19.2 Å². The van der Waals surface area contributed by atoms with E-state index in [0.29, 0.717) is 13.1 Å². The zero-order valence-electron chi connectivity index (χ0n) is 23.9. The molecule has 0 aromatic heterocycles. The number of hydrogen-bond donors (Lipinski definition) is 2. The van der Waals surface area contributed by atoms with Gasteiger partial charge in [-0.25, -0.2) is 0 Å². The minimum atomic E-state index is -0.620. The van der Waals surface area contributed by atoms with Gasteiger partial charge >= 0.3 is 23.9 Å². The molecular weight excluding hydrogens is 548 g/mol. The van der Waals surface area contributed by atoms with Gasteiger partial charge in [-0.15, -0.1) is 0 Å². The summed E-state index contributed by atoms with van der Waals surface area (Å²) in [5.41, 5.74) is 0.490. The van der Waals surface area contributed by atoms with Crippen LogP contribution in [0.2, 0.25) is 0 Å². The minimum absolute atomic E-state index is 0.0279. The normalized spacial score (nSPS) is 16.0. The lowest BCUT2D eigenvalue weighted by Gasteiger charge is -2.29. The van der Waals surface area contributed by atoms with E-state index in [2.05, 4.69) is 10.6 Å². The summed E-state index contributed by atoms with van der Waals surface area (Å²) in [4.78, 5) is 71.2. The van der Waals surface area contributed by atoms with Gasteiger partial charge in [-0.2, -0.15) is 0 Å². The number of rotatable bonds is 10. The fraction of sp³-hybridized carbons (Fsp3) is 0.400. The number of nitrogens with one attached hydrogen (secondary N) is 2. The van der Waals surface area contributed by atoms with Crippen molar-refractivity contribution in [1.82, 2.24) is 10.6 Å². The minimum Gasteiger partial charge on any atom is -0.423 e. The zero-order valence-corrected chi connectivity index (χ0v) is 23.9. The molecule has 1 aliphatic carbocycles. The second-order valence-corrected chi connectivity index (χ2v) is 10.0. The van der Waals surface area contributed by atoms with Crippen LogP contribution in [-0.4, -0.2) is 48.8 Å². The number of benzene rings is 2. The Kier molecular flexibility index (Phi) is 11.2. The number of carbonyl (C=O) groups excluding carboxylic acids is 6. The first kappa shape index (κ1) is 31.8. The van der Waals surface area contributed by atoms with Crippen molar-refractivity contribution in [3.05, 3.63) is 47.5 Å². The van der Waals surface area contributed by atoms with E-state index in [1.54, 1.807) is 0 Å². The molecular formula is C30H34N2O10. The number of hydrogen-bond acceptors (Lipinski definition) is 10. The maximum absolute atomic E-state index is 12.8. The second-order valence-electron chi connectivity index (χ2n) is 10.0. The lowest BCUT2D eigenvalue weighted by atomic mass is 9.81. The van der Waals surface area contributed by atoms with Crippen molar-refractivity contribution in [1.29, 1.82) is 0 Å². The third-order valence-electron chi connectivity index (χ3n) is 6.42. The maximum Gasteiger partial charge on any atom is 0.308 e. The summed E-state index contributed by atoms with van der Waals surface area (Å²) in [6.07, 6.45) is 3.55. The third-order valence-corrected chi connectivity index (χ3v) is 6.42. The van der Waals surface area contributed by atoms with E-state index >= 15 is 0 Å². The van der Waals surface area contributed by atoms with Gasteiger partial charge in [-0.1, -0.05) is 6.42 Å². The van der Waals surface area contributed by atoms with Crippen LogP contribution >= 0.6 is 0 Å². The fourth-order valence-corrected chi connectivity index (χ4v) is 4.70. The quantitative estimate of drug-likeness (QED) is 0.314. The Bertz CT molecular complexity index is 1270. The monoisotopic (exact) mass is 582 g/mol. The van der Waals surface area contributed by atoms with Gasteiger partial charge < -0.3 is 29.6 Å². The average molecular weight is 583 g/mol. The maximum atomic E-state index is 12.8. The standard InChI is InChI=1S/C30H34N2O10/c1-17(33)39-25-10-8-23(13-27(25)41-19(3)35)29(37)31-15-21-6-5-7-22(12-21)16-32-30(38)24-9-11-26(40-18(2)34)28(14-24)42-20(4)36/h8-11,13-14,21-22H,5-7,12,15-16H2,1-4H3,(H,31,37)(H,32,38). The molecule has 12 heteroatoms. The molecule has 0 heterocycles. The first-order valence-electron chi connectivity index (χ1n) is 13.5. The number of ether oxygens (including phenoxy) is 4. The molecule has 2 unspecified atom stereocenters. The van der Waals surface area contributed by atoms with Crippen molar-refractivity contribution in [2.75, 3.05) is 13.1 Å². The summed E-state index contributed by atoms with van der Waals surface area (Å²) in [7, 11) is 0. The van der Waals surface area contributed by atoms with Crippen molar-refractivity contribution < 1.29 is 47.7 Å². The Labute approximate surface area is 243 Å². The molecule has 2 amide bonds. The molecule has 42 heavy (non-hydrogen) atoms. The van der Waals surface area contributed by atoms with Crippen molar-refractivity contribution in [3.8, 4) is 23.0 Å². The predicted octanol–water partition coefficient (Wildman–Crippen LogP) is 3.35. The van der Waals surface area contributed by atoms with Crippen molar-refractivity contribution in [2.45, 2.75) is 53.4 Å². The lowest BCUT2D eigenvalue weighted by molar-refractivity contribution is -0.134. The van der Waals surface area contributed by atoms with E-state index < -0.39 is 23.9 Å². The molecule has 224 valence electrons. The Morgan fingerprint density at radius 2 is 0.952 bits per heavy atom. The summed E-state index contributed by atoms with van der Waals surface area (Å²) in [5.74, 6) is -2.75. The summed E-state index contributed by atoms with van der Waals surface area (Å²) in [5, 5.41) is 5.82. The fourth-order valence-electron chi connectivity index (χ4n) is 4.70. The average Bonchev–Trinajstić information content (AvgIpc) is 2.91. The van der Waals surface area contributed by atoms with Crippen molar-refractivity contribution in [3.63, 3.8) is 0 Å². The lowest BCUT2D eigenvalue weighted by Crippen LogP contribution is -2.35. The van der Waals surface area contributed by atoms with Crippen molar-refractivity contribution >= 4 is 35.7 Å². The molecule has 0 spiro atoms. The molecule has 0 radical (unpaired) electrons. The molecule has 2 atom stereocenters. The van der Waals surface area contributed by atoms with Gasteiger partial charge in [0.2, 0.25) is 0 Å². The van der Waals surface area contributed by atoms with Gasteiger partial charge in [0.05, 0.1) is 0 Å². The van der Waals surface area contributed by atoms with E-state index in [9.17, 15) is 28.8 Å². The SMILES string of the molecule is CC(=O)Oc1ccc(C(=O)NCC2CCCC(CNC(=O)c3ccc(OC(C)=O)c(OC(C)=O)c3)C2)cc1OC(C)=O. The summed E-state index contributed by atoms with van der Waals surface area (Å²) < 4.78 is 20.3. The molecule has 1 fully saturated rings. The van der Waals surface area contributed by atoms with Gasteiger partial charge in [0.1, 0.15) is 0 Å². The molecule has 0 saturated heterocycles. The molecule has 0 bridgehead atoms. The molecule has 2 aromatic rings. The van der Waals surface area contributed by atoms with Crippen LogP contribution in [0.1, 0.15) is 74.1 Å². The van der Waals surface area contributed by atoms with Gasteiger partial charge in [0, 0.05) is 51.9 Å². The number of carbonyl (C=O) groups is 6. The third kappa shape index (κ3) is 9.72. The first-order chi connectivity index (χ1) is 19.9. The van der Waals surface area contributed by atoms with E-state index in [-0.39, 0.29) is 57.8 Å². The van der Waals surface area contributed by atoms with Gasteiger partial charge in [0.15, 0.2) is 23.0 Å². The molecule has 12 nitrogen and oxygen atoms in total. The van der Waals surface area contributed by atoms with Crippen LogP contribution in [0.5, 0.6) is 23.0 Å². The van der Waals surface area contributed by atoms with Crippen LogP contribution in [0, 0.1) is 11.8 Å².